The third-order valence-electron chi connectivity index (χ3n) is 4.40. The van der Waals surface area contributed by atoms with Crippen LogP contribution in [0.4, 0.5) is 5.69 Å². The molecule has 0 unspecified atom stereocenters. The van der Waals surface area contributed by atoms with Crippen LogP contribution in [0.1, 0.15) is 18.5 Å². The number of nitrogens with two attached hydrogens (primary N) is 1. The molecule has 0 spiro atoms. The summed E-state index contributed by atoms with van der Waals surface area (Å²) < 4.78 is 5.58. The first-order valence-electron chi connectivity index (χ1n) is 8.40. The van der Waals surface area contributed by atoms with Crippen molar-refractivity contribution in [3.63, 3.8) is 0 Å². The lowest BCUT2D eigenvalue weighted by Crippen LogP contribution is -2.51. The van der Waals surface area contributed by atoms with Gasteiger partial charge in [-0.1, -0.05) is 41.4 Å². The molecule has 3 rings (SSSR count). The zero-order valence-corrected chi connectivity index (χ0v) is 16.1. The van der Waals surface area contributed by atoms with Crippen LogP contribution in [0.5, 0.6) is 5.75 Å². The van der Waals surface area contributed by atoms with Gasteiger partial charge < -0.3 is 20.7 Å². The molecule has 1 aliphatic rings. The molecule has 2 atom stereocenters. The normalized spacial score (nSPS) is 17.0. The molecule has 0 fully saturated rings. The number of fused-ring (bicyclic) bond motifs is 1. The first-order valence-corrected chi connectivity index (χ1v) is 9.16. The van der Waals surface area contributed by atoms with E-state index in [0.717, 1.165) is 5.56 Å². The van der Waals surface area contributed by atoms with Crippen molar-refractivity contribution in [2.75, 3.05) is 18.0 Å². The molecule has 8 heteroatoms. The Labute approximate surface area is 167 Å². The predicted molar refractivity (Wildman–Crippen MR) is 105 cm³/mol. The summed E-state index contributed by atoms with van der Waals surface area (Å²) in [6.07, 6.45) is -0.878. The number of halogens is 2. The highest BCUT2D eigenvalue weighted by molar-refractivity contribution is 6.42. The molecule has 0 bridgehead atoms. The van der Waals surface area contributed by atoms with E-state index in [1.807, 2.05) is 13.0 Å². The number of nitrogens with zero attached hydrogens (tertiary/aromatic N) is 1. The van der Waals surface area contributed by atoms with Gasteiger partial charge in [0, 0.05) is 6.04 Å². The van der Waals surface area contributed by atoms with E-state index in [9.17, 15) is 9.59 Å². The van der Waals surface area contributed by atoms with Crippen molar-refractivity contribution in [3.8, 4) is 5.75 Å². The highest BCUT2D eigenvalue weighted by Gasteiger charge is 2.32. The largest absolute Gasteiger partial charge is 0.477 e. The Morgan fingerprint density at radius 1 is 1.26 bits per heavy atom. The first-order chi connectivity index (χ1) is 12.9. The Balaban J connectivity index is 1.71. The van der Waals surface area contributed by atoms with Crippen molar-refractivity contribution in [2.24, 2.45) is 5.73 Å². The second-order valence-electron chi connectivity index (χ2n) is 6.26. The maximum atomic E-state index is 12.8. The molecular weight excluding hydrogens is 389 g/mol. The van der Waals surface area contributed by atoms with E-state index in [-0.39, 0.29) is 25.0 Å². The molecule has 0 aromatic heterocycles. The van der Waals surface area contributed by atoms with E-state index in [0.29, 0.717) is 21.5 Å². The highest BCUT2D eigenvalue weighted by Crippen LogP contribution is 2.33. The monoisotopic (exact) mass is 407 g/mol. The fourth-order valence-electron chi connectivity index (χ4n) is 2.85. The summed E-state index contributed by atoms with van der Waals surface area (Å²) >= 11 is 12.0. The zero-order chi connectivity index (χ0) is 19.6. The number of benzene rings is 2. The summed E-state index contributed by atoms with van der Waals surface area (Å²) in [5.74, 6) is -0.346. The molecule has 2 aromatic carbocycles. The van der Waals surface area contributed by atoms with E-state index in [1.165, 1.54) is 4.90 Å². The van der Waals surface area contributed by atoms with Crippen LogP contribution in [0.25, 0.3) is 0 Å². The number of para-hydroxylation sites is 2. The summed E-state index contributed by atoms with van der Waals surface area (Å²) in [5.41, 5.74) is 6.90. The van der Waals surface area contributed by atoms with Gasteiger partial charge in [-0.3, -0.25) is 9.59 Å². The van der Waals surface area contributed by atoms with Crippen molar-refractivity contribution < 1.29 is 14.3 Å². The maximum Gasteiger partial charge on any atom is 0.260 e. The van der Waals surface area contributed by atoms with E-state index < -0.39 is 12.0 Å². The standard InChI is InChI=1S/C19H19Cl2N3O3/c1-11(12-6-7-13(20)14(21)8-12)23-9-18(25)24-10-17(19(22)26)27-16-5-3-2-4-15(16)24/h2-8,11,17,23H,9-10H2,1H3,(H2,22,26)/t11-,17-/m0/s1. The van der Waals surface area contributed by atoms with Crippen LogP contribution in [0.15, 0.2) is 42.5 Å². The van der Waals surface area contributed by atoms with Gasteiger partial charge in [-0.25, -0.2) is 0 Å². The Morgan fingerprint density at radius 3 is 2.70 bits per heavy atom. The second kappa shape index (κ2) is 8.17. The third kappa shape index (κ3) is 4.35. The van der Waals surface area contributed by atoms with Crippen LogP contribution in [-0.4, -0.2) is 31.0 Å². The van der Waals surface area contributed by atoms with Gasteiger partial charge >= 0.3 is 0 Å². The SMILES string of the molecule is C[C@H](NCC(=O)N1C[C@@H](C(N)=O)Oc2ccccc21)c1ccc(Cl)c(Cl)c1. The van der Waals surface area contributed by atoms with Crippen molar-refractivity contribution in [1.29, 1.82) is 0 Å². The Morgan fingerprint density at radius 2 is 2.00 bits per heavy atom. The second-order valence-corrected chi connectivity index (χ2v) is 7.07. The van der Waals surface area contributed by atoms with E-state index in [1.54, 1.807) is 36.4 Å². The molecule has 0 radical (unpaired) electrons. The topological polar surface area (TPSA) is 84.7 Å². The van der Waals surface area contributed by atoms with Gasteiger partial charge in [-0.05, 0) is 36.8 Å². The molecule has 142 valence electrons. The number of hydrogen-bond acceptors (Lipinski definition) is 4. The van der Waals surface area contributed by atoms with Gasteiger partial charge in [0.1, 0.15) is 5.75 Å². The van der Waals surface area contributed by atoms with Gasteiger partial charge in [-0.2, -0.15) is 0 Å². The van der Waals surface area contributed by atoms with Crippen LogP contribution in [-0.2, 0) is 9.59 Å². The van der Waals surface area contributed by atoms with Gasteiger partial charge in [-0.15, -0.1) is 0 Å². The fraction of sp³-hybridized carbons (Fsp3) is 0.263. The molecule has 0 saturated carbocycles. The smallest absolute Gasteiger partial charge is 0.260 e. The van der Waals surface area contributed by atoms with E-state index in [2.05, 4.69) is 5.32 Å². The lowest BCUT2D eigenvalue weighted by molar-refractivity contribution is -0.125. The van der Waals surface area contributed by atoms with Crippen LogP contribution >= 0.6 is 23.2 Å². The molecule has 3 N–H and O–H groups in total. The number of rotatable bonds is 5. The average Bonchev–Trinajstić information content (AvgIpc) is 2.66. The van der Waals surface area contributed by atoms with Crippen LogP contribution < -0.4 is 20.7 Å². The molecule has 6 nitrogen and oxygen atoms in total. The molecule has 2 aromatic rings. The first kappa shape index (κ1) is 19.5. The number of amides is 2. The predicted octanol–water partition coefficient (Wildman–Crippen LogP) is 2.92. The minimum atomic E-state index is -0.878. The number of primary amides is 1. The van der Waals surface area contributed by atoms with E-state index >= 15 is 0 Å². The summed E-state index contributed by atoms with van der Waals surface area (Å²) in [6.45, 7) is 2.07. The third-order valence-corrected chi connectivity index (χ3v) is 5.13. The molecule has 0 aliphatic carbocycles. The maximum absolute atomic E-state index is 12.8. The number of hydrogen-bond donors (Lipinski definition) is 2. The summed E-state index contributed by atoms with van der Waals surface area (Å²) in [7, 11) is 0. The quantitative estimate of drug-likeness (QED) is 0.797. The Kier molecular flexibility index (Phi) is 5.89. The number of anilines is 1. The Bertz CT molecular complexity index is 875. The van der Waals surface area contributed by atoms with Gasteiger partial charge in [0.05, 0.1) is 28.8 Å². The molecule has 2 amide bonds. The van der Waals surface area contributed by atoms with Crippen LogP contribution in [0, 0.1) is 0 Å². The average molecular weight is 408 g/mol. The number of carbonyl (C=O) groups excluding carboxylic acids is 2. The molecule has 0 saturated heterocycles. The lowest BCUT2D eigenvalue weighted by Gasteiger charge is -2.33. The molecule has 27 heavy (non-hydrogen) atoms. The summed E-state index contributed by atoms with van der Waals surface area (Å²) in [5, 5.41) is 4.10. The molecular formula is C19H19Cl2N3O3. The van der Waals surface area contributed by atoms with Gasteiger partial charge in [0.25, 0.3) is 5.91 Å². The number of carbonyl (C=O) groups is 2. The zero-order valence-electron chi connectivity index (χ0n) is 14.6. The van der Waals surface area contributed by atoms with Crippen LogP contribution in [0.2, 0.25) is 10.0 Å². The minimum Gasteiger partial charge on any atom is -0.477 e. The minimum absolute atomic E-state index is 0.0707. The van der Waals surface area contributed by atoms with Crippen molar-refractivity contribution in [3.05, 3.63) is 58.1 Å². The van der Waals surface area contributed by atoms with Crippen LogP contribution in [0.3, 0.4) is 0 Å². The Hall–Kier alpha value is -2.28. The van der Waals surface area contributed by atoms with Crippen molar-refractivity contribution in [2.45, 2.75) is 19.1 Å². The number of nitrogens with one attached hydrogen (secondary N) is 1. The summed E-state index contributed by atoms with van der Waals surface area (Å²) in [4.78, 5) is 25.9. The van der Waals surface area contributed by atoms with Crippen molar-refractivity contribution >= 4 is 40.7 Å². The van der Waals surface area contributed by atoms with Gasteiger partial charge in [0.15, 0.2) is 6.10 Å². The number of ether oxygens (including phenoxy) is 1. The molecule has 1 heterocycles. The fourth-order valence-corrected chi connectivity index (χ4v) is 3.16. The van der Waals surface area contributed by atoms with E-state index in [4.69, 9.17) is 33.7 Å². The van der Waals surface area contributed by atoms with Crippen molar-refractivity contribution in [1.82, 2.24) is 5.32 Å². The highest BCUT2D eigenvalue weighted by atomic mass is 35.5. The lowest BCUT2D eigenvalue weighted by atomic mass is 10.1. The van der Waals surface area contributed by atoms with Gasteiger partial charge in [0.2, 0.25) is 5.91 Å². The molecule has 1 aliphatic heterocycles. The summed E-state index contributed by atoms with van der Waals surface area (Å²) in [6, 6.07) is 12.3.